The molecule has 0 aliphatic carbocycles. The number of carbonyl (C=O) groups is 2. The van der Waals surface area contributed by atoms with Crippen molar-refractivity contribution in [1.29, 1.82) is 0 Å². The zero-order chi connectivity index (χ0) is 19.3. The molecule has 0 spiro atoms. The minimum Gasteiger partial charge on any atom is -0.459 e. The fourth-order valence-electron chi connectivity index (χ4n) is 2.49. The predicted molar refractivity (Wildman–Crippen MR) is 100 cm³/mol. The van der Waals surface area contributed by atoms with Crippen molar-refractivity contribution >= 4 is 23.2 Å². The molecule has 0 atom stereocenters. The number of benzene rings is 1. The third-order valence-corrected chi connectivity index (χ3v) is 3.82. The van der Waals surface area contributed by atoms with Gasteiger partial charge in [-0.2, -0.15) is 5.10 Å². The van der Waals surface area contributed by atoms with Gasteiger partial charge >= 0.3 is 0 Å². The minimum atomic E-state index is -0.366. The molecule has 0 saturated carbocycles. The van der Waals surface area contributed by atoms with Crippen LogP contribution in [0.1, 0.15) is 20.9 Å². The first-order chi connectivity index (χ1) is 13.7. The molecule has 9 heteroatoms. The summed E-state index contributed by atoms with van der Waals surface area (Å²) in [5.74, 6) is -0.0250. The van der Waals surface area contributed by atoms with E-state index in [1.54, 1.807) is 54.7 Å². The van der Waals surface area contributed by atoms with Crippen molar-refractivity contribution in [3.8, 4) is 5.82 Å². The van der Waals surface area contributed by atoms with E-state index in [0.29, 0.717) is 22.8 Å². The molecule has 9 nitrogen and oxygen atoms in total. The van der Waals surface area contributed by atoms with Gasteiger partial charge in [0.25, 0.3) is 11.8 Å². The third kappa shape index (κ3) is 3.63. The smallest absolute Gasteiger partial charge is 0.291 e. The first-order valence-corrected chi connectivity index (χ1v) is 8.27. The maximum Gasteiger partial charge on any atom is 0.291 e. The average Bonchev–Trinajstić information content (AvgIpc) is 3.43. The van der Waals surface area contributed by atoms with Crippen LogP contribution in [0.2, 0.25) is 0 Å². The molecule has 2 amide bonds. The SMILES string of the molecule is O=C(Nc1cccnc1-n1cncn1)c1ccc(NC(=O)c2ccco2)cc1. The second-order valence-corrected chi connectivity index (χ2v) is 5.68. The lowest BCUT2D eigenvalue weighted by molar-refractivity contribution is 0.0995. The molecule has 1 aromatic carbocycles. The Balaban J connectivity index is 1.47. The van der Waals surface area contributed by atoms with Crippen LogP contribution in [0.25, 0.3) is 5.82 Å². The van der Waals surface area contributed by atoms with Gasteiger partial charge in [0, 0.05) is 17.4 Å². The number of nitrogens with zero attached hydrogens (tertiary/aromatic N) is 4. The number of hydrogen-bond donors (Lipinski definition) is 2. The highest BCUT2D eigenvalue weighted by Gasteiger charge is 2.13. The molecular formula is C19H14N6O3. The van der Waals surface area contributed by atoms with Gasteiger partial charge in [0.1, 0.15) is 12.7 Å². The van der Waals surface area contributed by atoms with Crippen LogP contribution in [0.3, 0.4) is 0 Å². The van der Waals surface area contributed by atoms with Crippen molar-refractivity contribution in [3.63, 3.8) is 0 Å². The quantitative estimate of drug-likeness (QED) is 0.555. The van der Waals surface area contributed by atoms with E-state index >= 15 is 0 Å². The summed E-state index contributed by atoms with van der Waals surface area (Å²) in [4.78, 5) is 32.7. The molecule has 4 aromatic rings. The van der Waals surface area contributed by atoms with Gasteiger partial charge < -0.3 is 15.1 Å². The number of rotatable bonds is 5. The molecule has 2 N–H and O–H groups in total. The Morgan fingerprint density at radius 3 is 2.54 bits per heavy atom. The van der Waals surface area contributed by atoms with Gasteiger partial charge in [-0.3, -0.25) is 9.59 Å². The van der Waals surface area contributed by atoms with Gasteiger partial charge in [0.2, 0.25) is 0 Å². The molecule has 3 heterocycles. The largest absolute Gasteiger partial charge is 0.459 e. The number of carbonyl (C=O) groups excluding carboxylic acids is 2. The zero-order valence-corrected chi connectivity index (χ0v) is 14.4. The first kappa shape index (κ1) is 17.2. The summed E-state index contributed by atoms with van der Waals surface area (Å²) in [6.45, 7) is 0. The van der Waals surface area contributed by atoms with Crippen LogP contribution in [-0.2, 0) is 0 Å². The van der Waals surface area contributed by atoms with Crippen molar-refractivity contribution in [2.24, 2.45) is 0 Å². The van der Waals surface area contributed by atoms with Gasteiger partial charge in [-0.25, -0.2) is 14.6 Å². The molecule has 0 aliphatic heterocycles. The van der Waals surface area contributed by atoms with E-state index in [1.807, 2.05) is 0 Å². The maximum atomic E-state index is 12.6. The lowest BCUT2D eigenvalue weighted by atomic mass is 10.2. The monoisotopic (exact) mass is 374 g/mol. The minimum absolute atomic E-state index is 0.207. The molecule has 0 saturated heterocycles. The van der Waals surface area contributed by atoms with E-state index in [1.165, 1.54) is 23.6 Å². The van der Waals surface area contributed by atoms with Crippen molar-refractivity contribution in [1.82, 2.24) is 19.7 Å². The molecular weight excluding hydrogens is 360 g/mol. The summed E-state index contributed by atoms with van der Waals surface area (Å²) in [7, 11) is 0. The lowest BCUT2D eigenvalue weighted by Crippen LogP contribution is -2.15. The zero-order valence-electron chi connectivity index (χ0n) is 14.4. The summed E-state index contributed by atoms with van der Waals surface area (Å²) >= 11 is 0. The second-order valence-electron chi connectivity index (χ2n) is 5.68. The number of hydrogen-bond acceptors (Lipinski definition) is 6. The number of nitrogens with one attached hydrogen (secondary N) is 2. The normalized spacial score (nSPS) is 10.4. The van der Waals surface area contributed by atoms with E-state index in [9.17, 15) is 9.59 Å². The predicted octanol–water partition coefficient (Wildman–Crippen LogP) is 2.76. The lowest BCUT2D eigenvalue weighted by Gasteiger charge is -2.10. The van der Waals surface area contributed by atoms with Gasteiger partial charge in [0.05, 0.1) is 12.0 Å². The summed E-state index contributed by atoms with van der Waals surface area (Å²) in [6.07, 6.45) is 5.90. The topological polar surface area (TPSA) is 115 Å². The van der Waals surface area contributed by atoms with Gasteiger partial charge in [-0.05, 0) is 48.5 Å². The summed E-state index contributed by atoms with van der Waals surface area (Å²) < 4.78 is 6.51. The van der Waals surface area contributed by atoms with Gasteiger partial charge in [-0.15, -0.1) is 0 Å². The van der Waals surface area contributed by atoms with Crippen molar-refractivity contribution in [3.05, 3.63) is 85.0 Å². The molecule has 0 bridgehead atoms. The van der Waals surface area contributed by atoms with Gasteiger partial charge in [-0.1, -0.05) is 0 Å². The number of anilines is 2. The Morgan fingerprint density at radius 1 is 0.964 bits per heavy atom. The summed E-state index contributed by atoms with van der Waals surface area (Å²) in [5, 5.41) is 9.53. The highest BCUT2D eigenvalue weighted by molar-refractivity contribution is 6.06. The number of furan rings is 1. The molecule has 28 heavy (non-hydrogen) atoms. The van der Waals surface area contributed by atoms with Gasteiger partial charge in [0.15, 0.2) is 11.6 Å². The Kier molecular flexibility index (Phi) is 4.62. The highest BCUT2D eigenvalue weighted by Crippen LogP contribution is 2.18. The van der Waals surface area contributed by atoms with Crippen LogP contribution in [-0.4, -0.2) is 31.6 Å². The number of aromatic nitrogens is 4. The molecule has 4 rings (SSSR count). The Hall–Kier alpha value is -4.27. The first-order valence-electron chi connectivity index (χ1n) is 8.27. The fraction of sp³-hybridized carbons (Fsp3) is 0. The maximum absolute atomic E-state index is 12.6. The van der Waals surface area contributed by atoms with Crippen LogP contribution >= 0.6 is 0 Å². The van der Waals surface area contributed by atoms with E-state index in [0.717, 1.165) is 0 Å². The van der Waals surface area contributed by atoms with Crippen LogP contribution in [0.5, 0.6) is 0 Å². The Labute approximate surface area is 159 Å². The number of amides is 2. The summed E-state index contributed by atoms with van der Waals surface area (Å²) in [6, 6.07) is 13.1. The Bertz CT molecular complexity index is 1090. The molecule has 0 unspecified atom stereocenters. The van der Waals surface area contributed by atoms with E-state index < -0.39 is 0 Å². The number of pyridine rings is 1. The van der Waals surface area contributed by atoms with E-state index in [4.69, 9.17) is 4.42 Å². The van der Waals surface area contributed by atoms with Crippen molar-refractivity contribution in [2.75, 3.05) is 10.6 Å². The van der Waals surface area contributed by atoms with E-state index in [-0.39, 0.29) is 17.6 Å². The van der Waals surface area contributed by atoms with Crippen LogP contribution in [0.4, 0.5) is 11.4 Å². The summed E-state index contributed by atoms with van der Waals surface area (Å²) in [5.41, 5.74) is 1.46. The molecule has 0 radical (unpaired) electrons. The third-order valence-electron chi connectivity index (χ3n) is 3.82. The van der Waals surface area contributed by atoms with Crippen LogP contribution < -0.4 is 10.6 Å². The van der Waals surface area contributed by atoms with Crippen LogP contribution in [0, 0.1) is 0 Å². The standard InChI is InChI=1S/C19H14N6O3/c26-18(24-15-3-1-9-21-17(15)25-12-20-11-22-25)13-5-7-14(8-6-13)23-19(27)16-4-2-10-28-16/h1-12H,(H,23,27)(H,24,26). The van der Waals surface area contributed by atoms with E-state index in [2.05, 4.69) is 25.7 Å². The molecule has 0 fully saturated rings. The molecule has 3 aromatic heterocycles. The Morgan fingerprint density at radius 2 is 1.82 bits per heavy atom. The van der Waals surface area contributed by atoms with Crippen LogP contribution in [0.15, 0.2) is 78.1 Å². The average molecular weight is 374 g/mol. The molecule has 0 aliphatic rings. The van der Waals surface area contributed by atoms with Crippen molar-refractivity contribution in [2.45, 2.75) is 0 Å². The highest BCUT2D eigenvalue weighted by atomic mass is 16.3. The fourth-order valence-corrected chi connectivity index (χ4v) is 2.49. The second kappa shape index (κ2) is 7.54. The van der Waals surface area contributed by atoms with Crippen molar-refractivity contribution < 1.29 is 14.0 Å². The molecule has 138 valence electrons.